The second-order valence-corrected chi connectivity index (χ2v) is 5.36. The Morgan fingerprint density at radius 3 is 2.71 bits per heavy atom. The van der Waals surface area contributed by atoms with Crippen LogP contribution in [0.1, 0.15) is 5.56 Å². The highest BCUT2D eigenvalue weighted by Gasteiger charge is 2.17. The molecule has 4 heteroatoms. The molecule has 1 aliphatic carbocycles. The topological polar surface area (TPSA) is 47.3 Å². The highest BCUT2D eigenvalue weighted by Crippen LogP contribution is 2.24. The van der Waals surface area contributed by atoms with Crippen LogP contribution in [0.4, 0.5) is 5.69 Å². The summed E-state index contributed by atoms with van der Waals surface area (Å²) in [6.45, 7) is 2.00. The molecule has 17 heavy (non-hydrogen) atoms. The maximum atomic E-state index is 5.93. The molecular weight excluding hydrogens is 327 g/mol. The Kier molecular flexibility index (Phi) is 4.06. The van der Waals surface area contributed by atoms with Gasteiger partial charge in [0.1, 0.15) is 11.9 Å². The Morgan fingerprint density at radius 2 is 2.06 bits per heavy atom. The van der Waals surface area contributed by atoms with Crippen LogP contribution in [0.5, 0.6) is 5.75 Å². The number of hydrazine groups is 1. The summed E-state index contributed by atoms with van der Waals surface area (Å²) in [6, 6.07) is 5.84. The van der Waals surface area contributed by atoms with E-state index in [2.05, 4.69) is 40.2 Å². The molecule has 2 atom stereocenters. The number of hydrogen-bond donors (Lipinski definition) is 2. The van der Waals surface area contributed by atoms with Gasteiger partial charge in [-0.2, -0.15) is 0 Å². The van der Waals surface area contributed by atoms with Gasteiger partial charge >= 0.3 is 0 Å². The number of nitrogens with two attached hydrogens (primary N) is 1. The molecule has 0 spiro atoms. The van der Waals surface area contributed by atoms with Crippen molar-refractivity contribution in [2.45, 2.75) is 17.0 Å². The summed E-state index contributed by atoms with van der Waals surface area (Å²) in [5.41, 5.74) is 4.65. The molecule has 0 aromatic heterocycles. The van der Waals surface area contributed by atoms with E-state index in [0.717, 1.165) is 17.0 Å². The van der Waals surface area contributed by atoms with Crippen LogP contribution in [0.15, 0.2) is 42.5 Å². The molecule has 2 rings (SSSR count). The van der Waals surface area contributed by atoms with E-state index in [4.69, 9.17) is 10.6 Å². The van der Waals surface area contributed by atoms with Crippen molar-refractivity contribution in [2.24, 2.45) is 5.84 Å². The first-order valence-electron chi connectivity index (χ1n) is 5.43. The normalized spacial score (nSPS) is 22.5. The SMILES string of the molecule is Cc1cc(OC2C=CC=CC2I)ccc1NN. The standard InChI is InChI=1S/C13H15IN2O/c1-9-8-10(6-7-12(9)16-15)17-13-5-3-2-4-11(13)14/h2-8,11,13,16H,15H2,1H3. The highest BCUT2D eigenvalue weighted by molar-refractivity contribution is 14.1. The summed E-state index contributed by atoms with van der Waals surface area (Å²) in [4.78, 5) is 0. The van der Waals surface area contributed by atoms with Gasteiger partial charge in [-0.1, -0.05) is 40.8 Å². The zero-order valence-corrected chi connectivity index (χ0v) is 11.7. The molecule has 0 bridgehead atoms. The Bertz CT molecular complexity index is 457. The Labute approximate surface area is 115 Å². The predicted octanol–water partition coefficient (Wildman–Crippen LogP) is 2.96. The first-order valence-corrected chi connectivity index (χ1v) is 6.68. The van der Waals surface area contributed by atoms with Crippen LogP contribution in [-0.4, -0.2) is 10.0 Å². The summed E-state index contributed by atoms with van der Waals surface area (Å²) in [6.07, 6.45) is 8.36. The van der Waals surface area contributed by atoms with Crippen LogP contribution in [0.2, 0.25) is 0 Å². The van der Waals surface area contributed by atoms with E-state index in [1.165, 1.54) is 0 Å². The summed E-state index contributed by atoms with van der Waals surface area (Å²) in [5, 5.41) is 0. The van der Waals surface area contributed by atoms with Gasteiger partial charge < -0.3 is 10.2 Å². The lowest BCUT2D eigenvalue weighted by Crippen LogP contribution is -2.25. The van der Waals surface area contributed by atoms with Crippen molar-refractivity contribution in [3.63, 3.8) is 0 Å². The smallest absolute Gasteiger partial charge is 0.132 e. The summed E-state index contributed by atoms with van der Waals surface area (Å²) in [5.74, 6) is 6.26. The van der Waals surface area contributed by atoms with E-state index in [1.807, 2.05) is 37.3 Å². The number of allylic oxidation sites excluding steroid dienone is 2. The van der Waals surface area contributed by atoms with Gasteiger partial charge in [0.25, 0.3) is 0 Å². The minimum absolute atomic E-state index is 0.0942. The van der Waals surface area contributed by atoms with Gasteiger partial charge in [-0.15, -0.1) is 0 Å². The van der Waals surface area contributed by atoms with Crippen molar-refractivity contribution in [1.82, 2.24) is 0 Å². The quantitative estimate of drug-likeness (QED) is 0.384. The van der Waals surface area contributed by atoms with Crippen molar-refractivity contribution in [3.05, 3.63) is 48.1 Å². The average Bonchev–Trinajstić information content (AvgIpc) is 2.32. The molecule has 2 unspecified atom stereocenters. The molecule has 3 nitrogen and oxygen atoms in total. The van der Waals surface area contributed by atoms with Crippen LogP contribution < -0.4 is 16.0 Å². The number of halogens is 1. The van der Waals surface area contributed by atoms with Gasteiger partial charge in [0.15, 0.2) is 0 Å². The monoisotopic (exact) mass is 342 g/mol. The van der Waals surface area contributed by atoms with Gasteiger partial charge in [-0.25, -0.2) is 0 Å². The number of alkyl halides is 1. The Morgan fingerprint density at radius 1 is 1.29 bits per heavy atom. The number of nitrogens with one attached hydrogen (secondary N) is 1. The lowest BCUT2D eigenvalue weighted by atomic mass is 10.1. The van der Waals surface area contributed by atoms with Gasteiger partial charge in [0.2, 0.25) is 0 Å². The largest absolute Gasteiger partial charge is 0.485 e. The fourth-order valence-corrected chi connectivity index (χ4v) is 2.32. The minimum Gasteiger partial charge on any atom is -0.485 e. The second-order valence-electron chi connectivity index (χ2n) is 3.92. The van der Waals surface area contributed by atoms with Crippen molar-refractivity contribution in [2.75, 3.05) is 5.43 Å². The first kappa shape index (κ1) is 12.4. The lowest BCUT2D eigenvalue weighted by molar-refractivity contribution is 0.260. The van der Waals surface area contributed by atoms with Crippen molar-refractivity contribution < 1.29 is 4.74 Å². The predicted molar refractivity (Wildman–Crippen MR) is 79.5 cm³/mol. The van der Waals surface area contributed by atoms with Gasteiger partial charge in [-0.3, -0.25) is 5.84 Å². The number of ether oxygens (including phenoxy) is 1. The highest BCUT2D eigenvalue weighted by atomic mass is 127. The van der Waals surface area contributed by atoms with Gasteiger partial charge in [-0.05, 0) is 36.8 Å². The molecule has 0 heterocycles. The zero-order chi connectivity index (χ0) is 12.3. The number of hydrogen-bond acceptors (Lipinski definition) is 3. The van der Waals surface area contributed by atoms with Crippen LogP contribution in [0.25, 0.3) is 0 Å². The fourth-order valence-electron chi connectivity index (χ4n) is 1.69. The first-order chi connectivity index (χ1) is 8.20. The van der Waals surface area contributed by atoms with E-state index in [1.54, 1.807) is 0 Å². The molecule has 0 saturated heterocycles. The molecule has 1 aromatic carbocycles. The third-order valence-electron chi connectivity index (χ3n) is 2.65. The van der Waals surface area contributed by atoms with E-state index < -0.39 is 0 Å². The van der Waals surface area contributed by atoms with Crippen LogP contribution in [0, 0.1) is 6.92 Å². The number of benzene rings is 1. The van der Waals surface area contributed by atoms with E-state index in [-0.39, 0.29) is 6.10 Å². The molecule has 0 aliphatic heterocycles. The lowest BCUT2D eigenvalue weighted by Gasteiger charge is -2.21. The second kappa shape index (κ2) is 5.55. The van der Waals surface area contributed by atoms with Crippen molar-refractivity contribution in [3.8, 4) is 5.75 Å². The van der Waals surface area contributed by atoms with Crippen LogP contribution in [0.3, 0.4) is 0 Å². The Hall–Kier alpha value is -1.01. The number of aryl methyl sites for hydroxylation is 1. The average molecular weight is 342 g/mol. The number of anilines is 1. The maximum absolute atomic E-state index is 5.93. The molecule has 0 radical (unpaired) electrons. The third kappa shape index (κ3) is 3.01. The summed E-state index contributed by atoms with van der Waals surface area (Å²) >= 11 is 2.37. The molecule has 90 valence electrons. The van der Waals surface area contributed by atoms with E-state index in [9.17, 15) is 0 Å². The fraction of sp³-hybridized carbons (Fsp3) is 0.231. The van der Waals surface area contributed by atoms with Gasteiger partial charge in [0, 0.05) is 0 Å². The van der Waals surface area contributed by atoms with Crippen LogP contribution in [-0.2, 0) is 0 Å². The minimum atomic E-state index is 0.0942. The Balaban J connectivity index is 2.11. The number of nitrogen functional groups attached to an aromatic ring is 1. The van der Waals surface area contributed by atoms with Gasteiger partial charge in [0.05, 0.1) is 9.61 Å². The zero-order valence-electron chi connectivity index (χ0n) is 9.56. The molecule has 1 aliphatic rings. The van der Waals surface area contributed by atoms with E-state index >= 15 is 0 Å². The molecule has 1 aromatic rings. The molecule has 3 N–H and O–H groups in total. The van der Waals surface area contributed by atoms with Crippen molar-refractivity contribution >= 4 is 28.3 Å². The number of rotatable bonds is 3. The summed E-state index contributed by atoms with van der Waals surface area (Å²) < 4.78 is 6.30. The molecular formula is C13H15IN2O. The molecule has 0 saturated carbocycles. The molecule has 0 amide bonds. The van der Waals surface area contributed by atoms with E-state index in [0.29, 0.717) is 3.92 Å². The molecule has 0 fully saturated rings. The summed E-state index contributed by atoms with van der Waals surface area (Å²) in [7, 11) is 0. The third-order valence-corrected chi connectivity index (χ3v) is 3.77. The maximum Gasteiger partial charge on any atom is 0.132 e. The van der Waals surface area contributed by atoms with Crippen molar-refractivity contribution in [1.29, 1.82) is 0 Å². The van der Waals surface area contributed by atoms with Crippen LogP contribution >= 0.6 is 22.6 Å².